The third kappa shape index (κ3) is 14.0. The van der Waals surface area contributed by atoms with Crippen LogP contribution in [0.3, 0.4) is 0 Å². The summed E-state index contributed by atoms with van der Waals surface area (Å²) < 4.78 is 6.16. The summed E-state index contributed by atoms with van der Waals surface area (Å²) in [6.07, 6.45) is 47.3. The second-order valence-corrected chi connectivity index (χ2v) is 20.5. The van der Waals surface area contributed by atoms with Crippen molar-refractivity contribution in [1.82, 2.24) is 0 Å². The summed E-state index contributed by atoms with van der Waals surface area (Å²) in [5, 5.41) is 0. The van der Waals surface area contributed by atoms with E-state index in [9.17, 15) is 4.79 Å². The molecule has 0 aromatic carbocycles. The molecule has 0 N–H and O–H groups in total. The van der Waals surface area contributed by atoms with Crippen LogP contribution in [0.1, 0.15) is 253 Å². The third-order valence-electron chi connectivity index (χ3n) is 16.0. The molecule has 4 rings (SSSR count). The first-order chi connectivity index (χ1) is 25.7. The van der Waals surface area contributed by atoms with Crippen molar-refractivity contribution >= 4 is 5.97 Å². The molecule has 0 saturated heterocycles. The van der Waals surface area contributed by atoms with E-state index in [1.165, 1.54) is 186 Å². The molecule has 3 fully saturated rings. The van der Waals surface area contributed by atoms with Crippen molar-refractivity contribution in [2.75, 3.05) is 0 Å². The van der Waals surface area contributed by atoms with E-state index in [0.29, 0.717) is 17.3 Å². The highest BCUT2D eigenvalue weighted by atomic mass is 16.5. The molecule has 2 nitrogen and oxygen atoms in total. The van der Waals surface area contributed by atoms with Gasteiger partial charge in [0.15, 0.2) is 0 Å². The number of carbonyl (C=O) groups is 1. The number of fused-ring (bicyclic) bond motifs is 5. The Hall–Kier alpha value is -0.790. The molecule has 0 radical (unpaired) electrons. The number of allylic oxidation sites excluding steroid dienone is 1. The fourth-order valence-electron chi connectivity index (χ4n) is 12.7. The normalized spacial score (nSPS) is 30.1. The lowest BCUT2D eigenvalue weighted by Crippen LogP contribution is -2.51. The fraction of sp³-hybridized carbons (Fsp3) is 0.941. The summed E-state index contributed by atoms with van der Waals surface area (Å²) >= 11 is 0. The number of carbonyl (C=O) groups excluding carboxylic acids is 1. The molecule has 0 bridgehead atoms. The van der Waals surface area contributed by atoms with Crippen molar-refractivity contribution in [2.24, 2.45) is 46.3 Å². The molecule has 53 heavy (non-hydrogen) atoms. The van der Waals surface area contributed by atoms with Gasteiger partial charge in [-0.25, -0.2) is 0 Å². The van der Waals surface area contributed by atoms with Gasteiger partial charge in [-0.15, -0.1) is 0 Å². The van der Waals surface area contributed by atoms with Crippen LogP contribution in [0.4, 0.5) is 0 Å². The highest BCUT2D eigenvalue weighted by Gasteiger charge is 2.59. The Kier molecular flexibility index (Phi) is 20.4. The molecule has 0 aromatic heterocycles. The van der Waals surface area contributed by atoms with Crippen molar-refractivity contribution < 1.29 is 9.53 Å². The summed E-state index contributed by atoms with van der Waals surface area (Å²) in [4.78, 5) is 12.9. The Labute approximate surface area is 332 Å². The minimum atomic E-state index is 0.0682. The molecule has 4 aliphatic rings. The SMILES string of the molecule is CCCCCCCCCCCCCCCCCCCCCCCC(=O)O[C@H]1CC[C@@]2(C)C(=CC[C@@H]3[C@@H]2CC[C@]2(C)C([C@H](C)CCCC(C)C)CC[C@@H]32)C1. The van der Waals surface area contributed by atoms with E-state index in [0.717, 1.165) is 54.8 Å². The molecule has 4 aliphatic carbocycles. The highest BCUT2D eigenvalue weighted by Crippen LogP contribution is 2.67. The summed E-state index contributed by atoms with van der Waals surface area (Å²) in [5.74, 6) is 5.34. The van der Waals surface area contributed by atoms with Crippen molar-refractivity contribution in [2.45, 2.75) is 260 Å². The van der Waals surface area contributed by atoms with E-state index in [1.54, 1.807) is 5.57 Å². The third-order valence-corrected chi connectivity index (χ3v) is 16.0. The van der Waals surface area contributed by atoms with Crippen molar-refractivity contribution in [3.63, 3.8) is 0 Å². The van der Waals surface area contributed by atoms with Gasteiger partial charge < -0.3 is 4.74 Å². The average molecular weight is 737 g/mol. The summed E-state index contributed by atoms with van der Waals surface area (Å²) in [7, 11) is 0. The molecule has 3 saturated carbocycles. The van der Waals surface area contributed by atoms with Crippen molar-refractivity contribution in [1.29, 1.82) is 0 Å². The zero-order chi connectivity index (χ0) is 37.9. The van der Waals surface area contributed by atoms with E-state index in [1.807, 2.05) is 0 Å². The molecule has 0 aromatic rings. The van der Waals surface area contributed by atoms with Gasteiger partial charge in [-0.1, -0.05) is 201 Å². The number of unbranched alkanes of at least 4 members (excludes halogenated alkanes) is 20. The lowest BCUT2D eigenvalue weighted by atomic mass is 9.47. The van der Waals surface area contributed by atoms with E-state index < -0.39 is 0 Å². The maximum atomic E-state index is 12.9. The average Bonchev–Trinajstić information content (AvgIpc) is 3.49. The van der Waals surface area contributed by atoms with Gasteiger partial charge in [-0.05, 0) is 97.7 Å². The molecule has 0 heterocycles. The predicted octanol–water partition coefficient (Wildman–Crippen LogP) is 16.5. The van der Waals surface area contributed by atoms with Crippen LogP contribution in [0.2, 0.25) is 0 Å². The lowest BCUT2D eigenvalue weighted by Gasteiger charge is -2.58. The second kappa shape index (κ2) is 24.1. The Morgan fingerprint density at radius 3 is 1.75 bits per heavy atom. The monoisotopic (exact) mass is 737 g/mol. The minimum absolute atomic E-state index is 0.0682. The Morgan fingerprint density at radius 2 is 1.21 bits per heavy atom. The molecule has 2 heteroatoms. The smallest absolute Gasteiger partial charge is 0.306 e. The first kappa shape index (κ1) is 44.9. The minimum Gasteiger partial charge on any atom is -0.462 e. The van der Waals surface area contributed by atoms with Gasteiger partial charge in [0.1, 0.15) is 6.10 Å². The first-order valence-electron chi connectivity index (χ1n) is 24.6. The van der Waals surface area contributed by atoms with E-state index >= 15 is 0 Å². The van der Waals surface area contributed by atoms with E-state index in [2.05, 4.69) is 47.6 Å². The second-order valence-electron chi connectivity index (χ2n) is 20.5. The topological polar surface area (TPSA) is 26.3 Å². The zero-order valence-electron chi connectivity index (χ0n) is 36.8. The van der Waals surface area contributed by atoms with E-state index in [-0.39, 0.29) is 12.1 Å². The van der Waals surface area contributed by atoms with E-state index in [4.69, 9.17) is 4.74 Å². The fourth-order valence-corrected chi connectivity index (χ4v) is 12.7. The molecule has 0 aliphatic heterocycles. The van der Waals surface area contributed by atoms with Gasteiger partial charge in [0.25, 0.3) is 0 Å². The molecule has 0 spiro atoms. The number of rotatable bonds is 28. The predicted molar refractivity (Wildman–Crippen MR) is 230 cm³/mol. The van der Waals surface area contributed by atoms with Crippen LogP contribution in [0.15, 0.2) is 11.6 Å². The van der Waals surface area contributed by atoms with Gasteiger partial charge in [0.05, 0.1) is 0 Å². The van der Waals surface area contributed by atoms with Crippen LogP contribution in [0, 0.1) is 46.3 Å². The molecule has 0 amide bonds. The zero-order valence-corrected chi connectivity index (χ0v) is 36.8. The van der Waals surface area contributed by atoms with Gasteiger partial charge in [0.2, 0.25) is 0 Å². The Morgan fingerprint density at radius 1 is 0.660 bits per heavy atom. The Bertz CT molecular complexity index is 1030. The van der Waals surface area contributed by atoms with Crippen molar-refractivity contribution in [3.05, 3.63) is 11.6 Å². The van der Waals surface area contributed by atoms with Gasteiger partial charge >= 0.3 is 5.97 Å². The standard InChI is InChI=1S/C51H92O2/c1-7-8-9-10-11-12-13-14-15-16-17-18-19-20-21-22-23-24-25-26-27-31-49(52)53-44-36-38-50(5)43(40-44)32-33-45-47-35-34-46(42(4)30-28-29-41(2)3)51(47,6)39-37-48(45)50/h32,41-42,44-48H,7-31,33-40H2,1-6H3/t42-,44+,45+,46?,47+,48+,50+,51-/m1/s1. The van der Waals surface area contributed by atoms with Gasteiger partial charge in [0, 0.05) is 12.8 Å². The number of ether oxygens (including phenoxy) is 1. The Balaban J connectivity index is 1.00. The summed E-state index contributed by atoms with van der Waals surface area (Å²) in [5.41, 5.74) is 2.54. The van der Waals surface area contributed by atoms with Crippen molar-refractivity contribution in [3.8, 4) is 0 Å². The first-order valence-corrected chi connectivity index (χ1v) is 24.6. The molecule has 308 valence electrons. The van der Waals surface area contributed by atoms with Gasteiger partial charge in [-0.3, -0.25) is 4.79 Å². The quantitative estimate of drug-likeness (QED) is 0.0454. The molecule has 8 atom stereocenters. The number of hydrogen-bond donors (Lipinski definition) is 0. The molecular formula is C51H92O2. The summed E-state index contributed by atoms with van der Waals surface area (Å²) in [6, 6.07) is 0. The number of hydrogen-bond acceptors (Lipinski definition) is 2. The molecule has 1 unspecified atom stereocenters. The number of esters is 1. The largest absolute Gasteiger partial charge is 0.462 e. The summed E-state index contributed by atoms with van der Waals surface area (Å²) in [6.45, 7) is 15.0. The van der Waals surface area contributed by atoms with Crippen LogP contribution in [0.25, 0.3) is 0 Å². The maximum Gasteiger partial charge on any atom is 0.306 e. The van der Waals surface area contributed by atoms with Crippen LogP contribution in [-0.2, 0) is 9.53 Å². The van der Waals surface area contributed by atoms with Crippen LogP contribution < -0.4 is 0 Å². The van der Waals surface area contributed by atoms with Gasteiger partial charge in [-0.2, -0.15) is 0 Å². The maximum absolute atomic E-state index is 12.9. The van der Waals surface area contributed by atoms with Crippen LogP contribution in [-0.4, -0.2) is 12.1 Å². The van der Waals surface area contributed by atoms with Crippen LogP contribution >= 0.6 is 0 Å². The highest BCUT2D eigenvalue weighted by molar-refractivity contribution is 5.69. The lowest BCUT2D eigenvalue weighted by molar-refractivity contribution is -0.151. The molecular weight excluding hydrogens is 645 g/mol. The van der Waals surface area contributed by atoms with Crippen LogP contribution in [0.5, 0.6) is 0 Å².